The van der Waals surface area contributed by atoms with Crippen LogP contribution in [0.15, 0.2) is 42.5 Å². The zero-order chi connectivity index (χ0) is 21.5. The van der Waals surface area contributed by atoms with Crippen LogP contribution in [0, 0.1) is 0 Å². The number of anilines is 1. The third-order valence-corrected chi connectivity index (χ3v) is 6.85. The number of carbonyl (C=O) groups excluding carboxylic acids is 1. The minimum Gasteiger partial charge on any atom is -0.480 e. The van der Waals surface area contributed by atoms with Crippen molar-refractivity contribution in [1.82, 2.24) is 5.32 Å². The number of aliphatic carboxylic acids is 1. The molecule has 1 saturated heterocycles. The Morgan fingerprint density at radius 2 is 1.90 bits per heavy atom. The number of halogens is 2. The standard InChI is InChI=1S/C23H24Cl2N2O3/c1-2-3-4-8-18-23(16-10-9-15(25)12-17(16)26-22(23)30)19(20(27-18)21(28)29)13-6-5-7-14(24)11-13/h5-7,9-12,18-20,27H,2-4,8H2,1H3,(H,26,30)(H,28,29). The molecule has 7 heteroatoms. The predicted molar refractivity (Wildman–Crippen MR) is 118 cm³/mol. The quantitative estimate of drug-likeness (QED) is 0.547. The summed E-state index contributed by atoms with van der Waals surface area (Å²) in [7, 11) is 0. The highest BCUT2D eigenvalue weighted by Gasteiger charge is 2.65. The highest BCUT2D eigenvalue weighted by atomic mass is 35.5. The number of hydrogen-bond acceptors (Lipinski definition) is 3. The Morgan fingerprint density at radius 1 is 1.13 bits per heavy atom. The molecular formula is C23H24Cl2N2O3. The van der Waals surface area contributed by atoms with Crippen molar-refractivity contribution in [2.45, 2.75) is 56.0 Å². The first kappa shape index (κ1) is 21.2. The van der Waals surface area contributed by atoms with Gasteiger partial charge >= 0.3 is 5.97 Å². The molecule has 3 N–H and O–H groups in total. The number of nitrogens with one attached hydrogen (secondary N) is 2. The molecule has 1 fully saturated rings. The van der Waals surface area contributed by atoms with E-state index in [-0.39, 0.29) is 11.9 Å². The predicted octanol–water partition coefficient (Wildman–Crippen LogP) is 4.97. The number of hydrogen-bond donors (Lipinski definition) is 3. The number of rotatable bonds is 6. The minimum absolute atomic E-state index is 0.192. The molecule has 2 aliphatic heterocycles. The summed E-state index contributed by atoms with van der Waals surface area (Å²) in [5.41, 5.74) is 1.12. The van der Waals surface area contributed by atoms with Gasteiger partial charge < -0.3 is 10.4 Å². The lowest BCUT2D eigenvalue weighted by Gasteiger charge is -2.35. The lowest BCUT2D eigenvalue weighted by molar-refractivity contribution is -0.139. The lowest BCUT2D eigenvalue weighted by Crippen LogP contribution is -2.48. The van der Waals surface area contributed by atoms with Crippen LogP contribution in [0.5, 0.6) is 0 Å². The van der Waals surface area contributed by atoms with Crippen LogP contribution in [-0.4, -0.2) is 29.1 Å². The van der Waals surface area contributed by atoms with Crippen LogP contribution >= 0.6 is 23.2 Å². The summed E-state index contributed by atoms with van der Waals surface area (Å²) in [6.07, 6.45) is 3.66. The van der Waals surface area contributed by atoms with Gasteiger partial charge in [-0.25, -0.2) is 0 Å². The highest BCUT2D eigenvalue weighted by molar-refractivity contribution is 6.31. The second kappa shape index (κ2) is 8.22. The van der Waals surface area contributed by atoms with Gasteiger partial charge in [-0.1, -0.05) is 67.6 Å². The number of fused-ring (bicyclic) bond motifs is 2. The largest absolute Gasteiger partial charge is 0.480 e. The van der Waals surface area contributed by atoms with E-state index in [1.807, 2.05) is 12.1 Å². The first-order valence-electron chi connectivity index (χ1n) is 10.2. The van der Waals surface area contributed by atoms with Crippen LogP contribution in [-0.2, 0) is 15.0 Å². The Balaban J connectivity index is 1.93. The first-order chi connectivity index (χ1) is 14.4. The van der Waals surface area contributed by atoms with Gasteiger partial charge in [-0.2, -0.15) is 0 Å². The molecule has 0 saturated carbocycles. The molecule has 0 radical (unpaired) electrons. The molecule has 0 aromatic heterocycles. The topological polar surface area (TPSA) is 78.4 Å². The van der Waals surface area contributed by atoms with E-state index in [0.29, 0.717) is 22.2 Å². The second-order valence-corrected chi connectivity index (χ2v) is 8.95. The number of carboxylic acid groups (broad SMARTS) is 1. The van der Waals surface area contributed by atoms with Gasteiger partial charge in [-0.15, -0.1) is 0 Å². The van der Waals surface area contributed by atoms with Gasteiger partial charge in [0.2, 0.25) is 5.91 Å². The Bertz CT molecular complexity index is 996. The fourth-order valence-corrected chi connectivity index (χ4v) is 5.56. The smallest absolute Gasteiger partial charge is 0.321 e. The van der Waals surface area contributed by atoms with E-state index in [1.54, 1.807) is 30.3 Å². The zero-order valence-electron chi connectivity index (χ0n) is 16.6. The average molecular weight is 447 g/mol. The molecule has 2 aromatic carbocycles. The van der Waals surface area contributed by atoms with Crippen LogP contribution in [0.4, 0.5) is 5.69 Å². The molecule has 2 aliphatic rings. The molecule has 4 atom stereocenters. The Kier molecular flexibility index (Phi) is 5.80. The Morgan fingerprint density at radius 3 is 2.60 bits per heavy atom. The van der Waals surface area contributed by atoms with Gasteiger partial charge in [-0.05, 0) is 41.8 Å². The van der Waals surface area contributed by atoms with Crippen LogP contribution in [0.3, 0.4) is 0 Å². The van der Waals surface area contributed by atoms with Crippen LogP contribution in [0.1, 0.15) is 49.7 Å². The maximum atomic E-state index is 13.6. The van der Waals surface area contributed by atoms with E-state index >= 15 is 0 Å². The molecule has 30 heavy (non-hydrogen) atoms. The summed E-state index contributed by atoms with van der Waals surface area (Å²) in [6.45, 7) is 2.12. The normalized spacial score (nSPS) is 27.3. The van der Waals surface area contributed by atoms with Gasteiger partial charge in [0.1, 0.15) is 11.5 Å². The molecule has 5 nitrogen and oxygen atoms in total. The molecule has 4 rings (SSSR count). The van der Waals surface area contributed by atoms with Crippen molar-refractivity contribution in [1.29, 1.82) is 0 Å². The molecule has 0 bridgehead atoms. The van der Waals surface area contributed by atoms with Crippen LogP contribution in [0.25, 0.3) is 0 Å². The second-order valence-electron chi connectivity index (χ2n) is 8.08. The number of amides is 1. The fraction of sp³-hybridized carbons (Fsp3) is 0.391. The maximum absolute atomic E-state index is 13.6. The Hall–Kier alpha value is -2.08. The van der Waals surface area contributed by atoms with Gasteiger partial charge in [0.25, 0.3) is 0 Å². The van der Waals surface area contributed by atoms with E-state index in [2.05, 4.69) is 17.6 Å². The molecule has 2 aromatic rings. The molecule has 2 heterocycles. The molecular weight excluding hydrogens is 423 g/mol. The van der Waals surface area contributed by atoms with Crippen molar-refractivity contribution in [3.8, 4) is 0 Å². The summed E-state index contributed by atoms with van der Waals surface area (Å²) in [6, 6.07) is 11.3. The minimum atomic E-state index is -1.05. The SMILES string of the molecule is CCCCCC1NC(C(=O)O)C(c2cccc(Cl)c2)C12C(=O)Nc1cc(Cl)ccc12. The molecule has 1 spiro atoms. The summed E-state index contributed by atoms with van der Waals surface area (Å²) >= 11 is 12.4. The first-order valence-corrected chi connectivity index (χ1v) is 11.0. The van der Waals surface area contributed by atoms with Gasteiger partial charge in [0.15, 0.2) is 0 Å². The van der Waals surface area contributed by atoms with E-state index in [9.17, 15) is 14.7 Å². The van der Waals surface area contributed by atoms with Crippen molar-refractivity contribution < 1.29 is 14.7 Å². The van der Waals surface area contributed by atoms with Crippen molar-refractivity contribution >= 4 is 40.8 Å². The molecule has 4 unspecified atom stereocenters. The van der Waals surface area contributed by atoms with Crippen LogP contribution in [0.2, 0.25) is 10.0 Å². The zero-order valence-corrected chi connectivity index (χ0v) is 18.1. The van der Waals surface area contributed by atoms with E-state index in [1.165, 1.54) is 0 Å². The molecule has 0 aliphatic carbocycles. The van der Waals surface area contributed by atoms with E-state index in [0.717, 1.165) is 30.4 Å². The summed E-state index contributed by atoms with van der Waals surface area (Å²) in [5.74, 6) is -1.78. The van der Waals surface area contributed by atoms with Crippen molar-refractivity contribution in [3.63, 3.8) is 0 Å². The summed E-state index contributed by atoms with van der Waals surface area (Å²) in [5, 5.41) is 17.4. The number of carbonyl (C=O) groups is 2. The molecule has 158 valence electrons. The van der Waals surface area contributed by atoms with Gasteiger partial charge in [0, 0.05) is 27.7 Å². The summed E-state index contributed by atoms with van der Waals surface area (Å²) in [4.78, 5) is 25.9. The Labute approximate surface area is 185 Å². The maximum Gasteiger partial charge on any atom is 0.321 e. The van der Waals surface area contributed by atoms with Crippen molar-refractivity contribution in [2.75, 3.05) is 5.32 Å². The average Bonchev–Trinajstić information content (AvgIpc) is 3.18. The van der Waals surface area contributed by atoms with E-state index < -0.39 is 23.3 Å². The van der Waals surface area contributed by atoms with Crippen molar-refractivity contribution in [2.24, 2.45) is 0 Å². The van der Waals surface area contributed by atoms with E-state index in [4.69, 9.17) is 23.2 Å². The number of carboxylic acids is 1. The molecule has 1 amide bonds. The van der Waals surface area contributed by atoms with Gasteiger partial charge in [0.05, 0.1) is 0 Å². The lowest BCUT2D eigenvalue weighted by atomic mass is 9.64. The third-order valence-electron chi connectivity index (χ3n) is 6.38. The highest BCUT2D eigenvalue weighted by Crippen LogP contribution is 2.55. The fourth-order valence-electron chi connectivity index (χ4n) is 5.19. The number of unbranched alkanes of at least 4 members (excludes halogenated alkanes) is 2. The summed E-state index contributed by atoms with van der Waals surface area (Å²) < 4.78 is 0. The monoisotopic (exact) mass is 446 g/mol. The van der Waals surface area contributed by atoms with Crippen molar-refractivity contribution in [3.05, 3.63) is 63.6 Å². The van der Waals surface area contributed by atoms with Gasteiger partial charge in [-0.3, -0.25) is 14.9 Å². The van der Waals surface area contributed by atoms with Crippen LogP contribution < -0.4 is 10.6 Å². The third kappa shape index (κ3) is 3.29. The number of benzene rings is 2.